The smallest absolute Gasteiger partial charge is 0.323 e. The van der Waals surface area contributed by atoms with Crippen LogP contribution in [0, 0.1) is 0 Å². The van der Waals surface area contributed by atoms with Crippen LogP contribution < -0.4 is 15.4 Å². The second-order valence-electron chi connectivity index (χ2n) is 6.04. The Balaban J connectivity index is 1.80. The van der Waals surface area contributed by atoms with Gasteiger partial charge in [0.25, 0.3) is 0 Å². The lowest BCUT2D eigenvalue weighted by Gasteiger charge is -2.10. The van der Waals surface area contributed by atoms with Gasteiger partial charge >= 0.3 is 6.03 Å². The molecule has 0 saturated heterocycles. The normalized spacial score (nSPS) is 11.6. The Morgan fingerprint density at radius 3 is 2.59 bits per heavy atom. The van der Waals surface area contributed by atoms with Gasteiger partial charge in [0, 0.05) is 5.69 Å². The highest BCUT2D eigenvalue weighted by atomic mass is 32.2. The molecule has 27 heavy (non-hydrogen) atoms. The van der Waals surface area contributed by atoms with Crippen LogP contribution in [0.1, 0.15) is 13.8 Å². The summed E-state index contributed by atoms with van der Waals surface area (Å²) < 4.78 is 30.5. The van der Waals surface area contributed by atoms with Crippen LogP contribution in [0.25, 0.3) is 10.2 Å². The predicted octanol–water partition coefficient (Wildman–Crippen LogP) is 4.13. The lowest BCUT2D eigenvalue weighted by Crippen LogP contribution is -2.19. The molecular weight excluding hydrogens is 386 g/mol. The van der Waals surface area contributed by atoms with E-state index in [1.54, 1.807) is 50.2 Å². The van der Waals surface area contributed by atoms with Crippen molar-refractivity contribution in [2.24, 2.45) is 0 Å². The second kappa shape index (κ2) is 7.53. The summed E-state index contributed by atoms with van der Waals surface area (Å²) in [4.78, 5) is 16.5. The number of sulfone groups is 1. The van der Waals surface area contributed by atoms with Crippen LogP contribution in [0.2, 0.25) is 0 Å². The van der Waals surface area contributed by atoms with Crippen molar-refractivity contribution in [1.82, 2.24) is 4.98 Å². The fourth-order valence-corrected chi connectivity index (χ4v) is 5.01. The van der Waals surface area contributed by atoms with E-state index < -0.39 is 21.1 Å². The fourth-order valence-electron chi connectivity index (χ4n) is 2.34. The first-order chi connectivity index (χ1) is 12.8. The number of rotatable bonds is 5. The fraction of sp³-hybridized carbons (Fsp3) is 0.222. The first-order valence-electron chi connectivity index (χ1n) is 8.17. The van der Waals surface area contributed by atoms with E-state index in [0.717, 1.165) is 11.3 Å². The maximum atomic E-state index is 12.3. The second-order valence-corrected chi connectivity index (χ2v) is 9.74. The molecule has 0 saturated carbocycles. The van der Waals surface area contributed by atoms with Gasteiger partial charge in [-0.15, -0.1) is 11.3 Å². The molecule has 0 bridgehead atoms. The average Bonchev–Trinajstić information content (AvgIpc) is 3.06. The van der Waals surface area contributed by atoms with Crippen molar-refractivity contribution < 1.29 is 17.9 Å². The lowest BCUT2D eigenvalue weighted by atomic mass is 10.3. The molecule has 0 radical (unpaired) electrons. The molecule has 1 heterocycles. The van der Waals surface area contributed by atoms with Crippen molar-refractivity contribution in [3.8, 4) is 5.75 Å². The summed E-state index contributed by atoms with van der Waals surface area (Å²) in [5.41, 5.74) is 1.66. The monoisotopic (exact) mass is 405 g/mol. The number of amides is 2. The van der Waals surface area contributed by atoms with E-state index in [1.165, 1.54) is 7.11 Å². The number of anilines is 2. The molecule has 0 spiro atoms. The first kappa shape index (κ1) is 19.1. The number of thiazole rings is 1. The van der Waals surface area contributed by atoms with Crippen LogP contribution in [0.15, 0.2) is 46.8 Å². The van der Waals surface area contributed by atoms with Gasteiger partial charge in [-0.25, -0.2) is 18.2 Å². The minimum atomic E-state index is -3.43. The van der Waals surface area contributed by atoms with Gasteiger partial charge in [-0.05, 0) is 44.2 Å². The highest BCUT2D eigenvalue weighted by Gasteiger charge is 2.23. The minimum Gasteiger partial charge on any atom is -0.495 e. The number of aromatic nitrogens is 1. The lowest BCUT2D eigenvalue weighted by molar-refractivity contribution is 0.262. The molecule has 0 unspecified atom stereocenters. The molecule has 1 aromatic heterocycles. The van der Waals surface area contributed by atoms with Crippen molar-refractivity contribution in [3.05, 3.63) is 42.5 Å². The highest BCUT2D eigenvalue weighted by molar-refractivity contribution is 7.94. The number of ether oxygens (including phenoxy) is 1. The Kier molecular flexibility index (Phi) is 5.33. The summed E-state index contributed by atoms with van der Waals surface area (Å²) in [6, 6.07) is 11.7. The molecule has 0 atom stereocenters. The molecule has 0 aliphatic rings. The number of urea groups is 1. The molecular formula is C18H19N3O4S2. The average molecular weight is 406 g/mol. The van der Waals surface area contributed by atoms with Gasteiger partial charge in [-0.2, -0.15) is 0 Å². The maximum Gasteiger partial charge on any atom is 0.323 e. The zero-order chi connectivity index (χ0) is 19.6. The third-order valence-electron chi connectivity index (χ3n) is 3.85. The molecule has 0 aliphatic carbocycles. The van der Waals surface area contributed by atoms with Crippen molar-refractivity contribution in [3.63, 3.8) is 0 Å². The number of methoxy groups -OCH3 is 1. The first-order valence-corrected chi connectivity index (χ1v) is 10.5. The van der Waals surface area contributed by atoms with Gasteiger partial charge in [0.1, 0.15) is 5.75 Å². The molecule has 3 aromatic rings. The molecule has 7 nitrogen and oxygen atoms in total. The number of nitrogens with one attached hydrogen (secondary N) is 2. The van der Waals surface area contributed by atoms with Crippen LogP contribution in [0.5, 0.6) is 5.75 Å². The predicted molar refractivity (Wildman–Crippen MR) is 108 cm³/mol. The molecule has 0 fully saturated rings. The van der Waals surface area contributed by atoms with Crippen molar-refractivity contribution >= 4 is 48.8 Å². The van der Waals surface area contributed by atoms with E-state index in [2.05, 4.69) is 15.6 Å². The Morgan fingerprint density at radius 1 is 1.15 bits per heavy atom. The number of fused-ring (bicyclic) bond motifs is 1. The van der Waals surface area contributed by atoms with E-state index in [9.17, 15) is 13.2 Å². The van der Waals surface area contributed by atoms with Gasteiger partial charge in [0.2, 0.25) is 14.2 Å². The molecule has 3 rings (SSSR count). The number of para-hydroxylation sites is 2. The number of hydrogen-bond acceptors (Lipinski definition) is 6. The van der Waals surface area contributed by atoms with Crippen molar-refractivity contribution in [2.45, 2.75) is 23.4 Å². The largest absolute Gasteiger partial charge is 0.495 e. The van der Waals surface area contributed by atoms with Crippen molar-refractivity contribution in [2.75, 3.05) is 17.7 Å². The summed E-state index contributed by atoms with van der Waals surface area (Å²) in [6.45, 7) is 3.24. The number of nitrogens with zero attached hydrogens (tertiary/aromatic N) is 1. The van der Waals surface area contributed by atoms with E-state index in [0.29, 0.717) is 27.3 Å². The number of hydrogen-bond donors (Lipinski definition) is 2. The minimum absolute atomic E-state index is 0.0862. The summed E-state index contributed by atoms with van der Waals surface area (Å²) >= 11 is 1.09. The molecule has 2 amide bonds. The zero-order valence-corrected chi connectivity index (χ0v) is 16.6. The topological polar surface area (TPSA) is 97.4 Å². The van der Waals surface area contributed by atoms with Gasteiger partial charge in [0.15, 0.2) is 0 Å². The van der Waals surface area contributed by atoms with Gasteiger partial charge in [-0.1, -0.05) is 12.1 Å². The third-order valence-corrected chi connectivity index (χ3v) is 7.42. The van der Waals surface area contributed by atoms with E-state index >= 15 is 0 Å². The standard InChI is InChI=1S/C18H19N3O4S2/c1-11(2)27(23,24)18-21-14-9-8-12(10-16(14)26-18)19-17(22)20-13-6-4-5-7-15(13)25-3/h4-11H,1-3H3,(H2,19,20,22). The SMILES string of the molecule is COc1ccccc1NC(=O)Nc1ccc2nc(S(=O)(=O)C(C)C)sc2c1. The molecule has 0 aliphatic heterocycles. The van der Waals surface area contributed by atoms with E-state index in [1.807, 2.05) is 6.07 Å². The number of carbonyl (C=O) groups excluding carboxylic acids is 1. The summed E-state index contributed by atoms with van der Waals surface area (Å²) in [7, 11) is -1.90. The highest BCUT2D eigenvalue weighted by Crippen LogP contribution is 2.30. The zero-order valence-electron chi connectivity index (χ0n) is 15.0. The van der Waals surface area contributed by atoms with Crippen LogP contribution in [-0.2, 0) is 9.84 Å². The van der Waals surface area contributed by atoms with Gasteiger partial charge in [0.05, 0.1) is 28.3 Å². The Morgan fingerprint density at radius 2 is 1.89 bits per heavy atom. The molecule has 2 aromatic carbocycles. The van der Waals surface area contributed by atoms with Crippen LogP contribution in [-0.4, -0.2) is 31.8 Å². The third kappa shape index (κ3) is 4.04. The summed E-state index contributed by atoms with van der Waals surface area (Å²) in [5.74, 6) is 0.550. The van der Waals surface area contributed by atoms with Crippen molar-refractivity contribution in [1.29, 1.82) is 0 Å². The Bertz CT molecular complexity index is 1090. The quantitative estimate of drug-likeness (QED) is 0.665. The Labute approximate surface area is 161 Å². The number of benzene rings is 2. The van der Waals surface area contributed by atoms with Gasteiger partial charge in [-0.3, -0.25) is 0 Å². The van der Waals surface area contributed by atoms with Crippen LogP contribution in [0.4, 0.5) is 16.2 Å². The number of carbonyl (C=O) groups is 1. The summed E-state index contributed by atoms with van der Waals surface area (Å²) in [5, 5.41) is 4.91. The van der Waals surface area contributed by atoms with Crippen LogP contribution in [0.3, 0.4) is 0 Å². The van der Waals surface area contributed by atoms with E-state index in [4.69, 9.17) is 4.74 Å². The maximum absolute atomic E-state index is 12.3. The van der Waals surface area contributed by atoms with E-state index in [-0.39, 0.29) is 4.34 Å². The Hall–Kier alpha value is -2.65. The molecule has 2 N–H and O–H groups in total. The van der Waals surface area contributed by atoms with Gasteiger partial charge < -0.3 is 15.4 Å². The molecule has 142 valence electrons. The van der Waals surface area contributed by atoms with Crippen LogP contribution >= 0.6 is 11.3 Å². The molecule has 9 heteroatoms. The summed E-state index contributed by atoms with van der Waals surface area (Å²) in [6.07, 6.45) is 0.